The molecule has 1 aromatic heterocycles. The van der Waals surface area contributed by atoms with E-state index in [2.05, 4.69) is 20.7 Å². The Labute approximate surface area is 110 Å². The fraction of sp³-hybridized carbons (Fsp3) is 0.800. The van der Waals surface area contributed by atoms with Crippen molar-refractivity contribution < 1.29 is 5.21 Å². The van der Waals surface area contributed by atoms with E-state index in [-0.39, 0.29) is 11.8 Å². The van der Waals surface area contributed by atoms with Crippen molar-refractivity contribution in [2.24, 2.45) is 16.8 Å². The van der Waals surface area contributed by atoms with Gasteiger partial charge in [-0.1, -0.05) is 36.7 Å². The Morgan fingerprint density at radius 3 is 3.00 bits per heavy atom. The molecule has 1 aliphatic rings. The fourth-order valence-electron chi connectivity index (χ4n) is 2.04. The summed E-state index contributed by atoms with van der Waals surface area (Å²) < 4.78 is 1.91. The molecule has 0 amide bonds. The first-order chi connectivity index (χ1) is 8.72. The summed E-state index contributed by atoms with van der Waals surface area (Å²) in [6, 6.07) is 0.432. The van der Waals surface area contributed by atoms with Crippen molar-refractivity contribution in [1.29, 1.82) is 0 Å². The summed E-state index contributed by atoms with van der Waals surface area (Å²) in [7, 11) is 0. The van der Waals surface area contributed by atoms with Crippen molar-refractivity contribution >= 4 is 17.6 Å². The lowest BCUT2D eigenvalue weighted by atomic mass is 10.2. The Morgan fingerprint density at radius 2 is 2.33 bits per heavy atom. The summed E-state index contributed by atoms with van der Waals surface area (Å²) in [5.41, 5.74) is 5.54. The molecular formula is C10H18N6OS. The molecule has 1 heterocycles. The minimum Gasteiger partial charge on any atom is -0.409 e. The Hall–Kier alpha value is -1.31. The first kappa shape index (κ1) is 13.1. The number of hydrogen-bond donors (Lipinski definition) is 2. The Morgan fingerprint density at radius 1 is 1.61 bits per heavy atom. The number of rotatable bonds is 5. The van der Waals surface area contributed by atoms with Crippen LogP contribution in [0.2, 0.25) is 0 Å². The minimum absolute atomic E-state index is 0.00581. The topological polar surface area (TPSA) is 102 Å². The monoisotopic (exact) mass is 270 g/mol. The zero-order chi connectivity index (χ0) is 13.0. The van der Waals surface area contributed by atoms with Gasteiger partial charge in [0.05, 0.1) is 6.04 Å². The average molecular weight is 270 g/mol. The van der Waals surface area contributed by atoms with Gasteiger partial charge in [-0.2, -0.15) is 0 Å². The molecule has 0 aromatic carbocycles. The van der Waals surface area contributed by atoms with Crippen LogP contribution in [-0.4, -0.2) is 37.0 Å². The van der Waals surface area contributed by atoms with Gasteiger partial charge in [-0.05, 0) is 23.3 Å². The second-order valence-corrected chi connectivity index (χ2v) is 5.57. The van der Waals surface area contributed by atoms with Crippen molar-refractivity contribution in [2.45, 2.75) is 43.8 Å². The highest BCUT2D eigenvalue weighted by Crippen LogP contribution is 2.31. The maximum Gasteiger partial charge on any atom is 0.209 e. The smallest absolute Gasteiger partial charge is 0.209 e. The van der Waals surface area contributed by atoms with E-state index in [1.165, 1.54) is 12.8 Å². The first-order valence-electron chi connectivity index (χ1n) is 6.10. The third kappa shape index (κ3) is 2.92. The molecular weight excluding hydrogens is 252 g/mol. The van der Waals surface area contributed by atoms with Crippen LogP contribution in [0.5, 0.6) is 0 Å². The van der Waals surface area contributed by atoms with Gasteiger partial charge < -0.3 is 10.9 Å². The SMILES string of the molecule is CC(CSc1nnnn1C1CCCC1)/C(N)=N/O. The van der Waals surface area contributed by atoms with Gasteiger partial charge in [-0.25, -0.2) is 4.68 Å². The molecule has 0 bridgehead atoms. The molecule has 0 aliphatic heterocycles. The normalized spacial score (nSPS) is 19.3. The lowest BCUT2D eigenvalue weighted by molar-refractivity contribution is 0.315. The van der Waals surface area contributed by atoms with E-state index in [4.69, 9.17) is 10.9 Å². The van der Waals surface area contributed by atoms with Crippen LogP contribution in [0.3, 0.4) is 0 Å². The zero-order valence-corrected chi connectivity index (χ0v) is 11.2. The fourth-order valence-corrected chi connectivity index (χ4v) is 3.02. The van der Waals surface area contributed by atoms with Crippen molar-refractivity contribution in [3.63, 3.8) is 0 Å². The van der Waals surface area contributed by atoms with Crippen molar-refractivity contribution in [2.75, 3.05) is 5.75 Å². The highest BCUT2D eigenvalue weighted by molar-refractivity contribution is 7.99. The lowest BCUT2D eigenvalue weighted by Gasteiger charge is -2.12. The van der Waals surface area contributed by atoms with E-state index < -0.39 is 0 Å². The molecule has 1 unspecified atom stereocenters. The molecule has 7 nitrogen and oxygen atoms in total. The van der Waals surface area contributed by atoms with Crippen LogP contribution in [0, 0.1) is 5.92 Å². The predicted octanol–water partition coefficient (Wildman–Crippen LogP) is 1.26. The van der Waals surface area contributed by atoms with Crippen LogP contribution in [-0.2, 0) is 0 Å². The molecule has 18 heavy (non-hydrogen) atoms. The van der Waals surface area contributed by atoms with Gasteiger partial charge in [-0.3, -0.25) is 0 Å². The number of aromatic nitrogens is 4. The van der Waals surface area contributed by atoms with E-state index in [0.29, 0.717) is 11.8 Å². The molecule has 1 fully saturated rings. The van der Waals surface area contributed by atoms with Crippen LogP contribution in [0.4, 0.5) is 0 Å². The molecule has 2 rings (SSSR count). The van der Waals surface area contributed by atoms with Crippen LogP contribution in [0.1, 0.15) is 38.6 Å². The summed E-state index contributed by atoms with van der Waals surface area (Å²) in [6.45, 7) is 1.91. The van der Waals surface area contributed by atoms with Gasteiger partial charge in [0.25, 0.3) is 0 Å². The molecule has 3 N–H and O–H groups in total. The van der Waals surface area contributed by atoms with E-state index in [9.17, 15) is 0 Å². The molecule has 1 aromatic rings. The quantitative estimate of drug-likeness (QED) is 0.274. The van der Waals surface area contributed by atoms with Crippen molar-refractivity contribution in [3.05, 3.63) is 0 Å². The summed E-state index contributed by atoms with van der Waals surface area (Å²) in [5, 5.41) is 24.3. The molecule has 8 heteroatoms. The van der Waals surface area contributed by atoms with E-state index in [0.717, 1.165) is 18.0 Å². The summed E-state index contributed by atoms with van der Waals surface area (Å²) in [5.74, 6) is 0.930. The summed E-state index contributed by atoms with van der Waals surface area (Å²) >= 11 is 1.55. The number of nitrogens with two attached hydrogens (primary N) is 1. The summed E-state index contributed by atoms with van der Waals surface area (Å²) in [6.07, 6.45) is 4.78. The Kier molecular flexibility index (Phi) is 4.40. The maximum absolute atomic E-state index is 8.60. The lowest BCUT2D eigenvalue weighted by Crippen LogP contribution is -2.23. The number of amidine groups is 1. The van der Waals surface area contributed by atoms with Crippen molar-refractivity contribution in [3.8, 4) is 0 Å². The number of thioether (sulfide) groups is 1. The molecule has 0 spiro atoms. The highest BCUT2D eigenvalue weighted by atomic mass is 32.2. The van der Waals surface area contributed by atoms with Gasteiger partial charge in [0.2, 0.25) is 5.16 Å². The molecule has 100 valence electrons. The van der Waals surface area contributed by atoms with Crippen LogP contribution in [0.25, 0.3) is 0 Å². The summed E-state index contributed by atoms with van der Waals surface area (Å²) in [4.78, 5) is 0. The van der Waals surface area contributed by atoms with Gasteiger partial charge >= 0.3 is 0 Å². The number of oxime groups is 1. The molecule has 0 saturated heterocycles. The molecule has 1 saturated carbocycles. The molecule has 1 atom stereocenters. The average Bonchev–Trinajstić information content (AvgIpc) is 3.04. The van der Waals surface area contributed by atoms with Gasteiger partial charge in [0, 0.05) is 11.7 Å². The van der Waals surface area contributed by atoms with Crippen molar-refractivity contribution in [1.82, 2.24) is 20.2 Å². The van der Waals surface area contributed by atoms with Gasteiger partial charge in [0.15, 0.2) is 0 Å². The first-order valence-corrected chi connectivity index (χ1v) is 7.09. The second kappa shape index (κ2) is 6.03. The van der Waals surface area contributed by atoms with Gasteiger partial charge in [-0.15, -0.1) is 5.10 Å². The van der Waals surface area contributed by atoms with E-state index in [1.54, 1.807) is 11.8 Å². The predicted molar refractivity (Wildman–Crippen MR) is 68.6 cm³/mol. The zero-order valence-electron chi connectivity index (χ0n) is 10.4. The number of nitrogens with zero attached hydrogens (tertiary/aromatic N) is 5. The van der Waals surface area contributed by atoms with Crippen LogP contribution >= 0.6 is 11.8 Å². The standard InChI is InChI=1S/C10H18N6OS/c1-7(9(11)13-17)6-18-10-12-14-15-16(10)8-4-2-3-5-8/h7-8,17H,2-6H2,1H3,(H2,11,13). The highest BCUT2D eigenvalue weighted by Gasteiger charge is 2.22. The largest absolute Gasteiger partial charge is 0.409 e. The third-order valence-corrected chi connectivity index (χ3v) is 4.41. The molecule has 0 radical (unpaired) electrons. The maximum atomic E-state index is 8.60. The Balaban J connectivity index is 1.95. The number of hydrogen-bond acceptors (Lipinski definition) is 6. The van der Waals surface area contributed by atoms with Crippen LogP contribution in [0.15, 0.2) is 10.3 Å². The van der Waals surface area contributed by atoms with E-state index >= 15 is 0 Å². The second-order valence-electron chi connectivity index (χ2n) is 4.58. The van der Waals surface area contributed by atoms with E-state index in [1.807, 2.05) is 11.6 Å². The molecule has 1 aliphatic carbocycles. The van der Waals surface area contributed by atoms with Crippen LogP contribution < -0.4 is 5.73 Å². The third-order valence-electron chi connectivity index (χ3n) is 3.22. The van der Waals surface area contributed by atoms with Gasteiger partial charge in [0.1, 0.15) is 5.84 Å². The Bertz CT molecular complexity index is 414. The number of tetrazole rings is 1. The minimum atomic E-state index is -0.00581.